The van der Waals surface area contributed by atoms with Gasteiger partial charge in [0.2, 0.25) is 0 Å². The summed E-state index contributed by atoms with van der Waals surface area (Å²) in [7, 11) is 1.81. The third-order valence-electron chi connectivity index (χ3n) is 6.55. The van der Waals surface area contributed by atoms with Crippen molar-refractivity contribution in [2.45, 2.75) is 12.0 Å². The van der Waals surface area contributed by atoms with Crippen LogP contribution in [0.25, 0.3) is 16.6 Å². The maximum atomic E-state index is 12.1. The lowest BCUT2D eigenvalue weighted by molar-refractivity contribution is 0.107. The summed E-state index contributed by atoms with van der Waals surface area (Å²) in [6.45, 7) is 0. The molecule has 2 aromatic carbocycles. The number of benzene rings is 2. The van der Waals surface area contributed by atoms with Gasteiger partial charge in [-0.15, -0.1) is 0 Å². The third-order valence-corrected chi connectivity index (χ3v) is 7.29. The molecule has 0 aliphatic heterocycles. The molecule has 1 atom stereocenters. The highest BCUT2D eigenvalue weighted by molar-refractivity contribution is 6.39. The van der Waals surface area contributed by atoms with Gasteiger partial charge in [-0.3, -0.25) is 0 Å². The number of aliphatic hydroxyl groups is 1. The molecule has 10 heteroatoms. The zero-order valence-electron chi connectivity index (χ0n) is 20.2. The first-order valence-corrected chi connectivity index (χ1v) is 12.5. The van der Waals surface area contributed by atoms with Crippen molar-refractivity contribution in [2.75, 3.05) is 0 Å². The molecular formula is C28H21Cl2N7O. The van der Waals surface area contributed by atoms with E-state index in [1.807, 2.05) is 42.6 Å². The monoisotopic (exact) mass is 541 g/mol. The van der Waals surface area contributed by atoms with Crippen LogP contribution in [0, 0.1) is 0 Å². The van der Waals surface area contributed by atoms with E-state index in [4.69, 9.17) is 23.2 Å². The number of aromatic nitrogens is 7. The Morgan fingerprint density at radius 2 is 1.76 bits per heavy atom. The fourth-order valence-corrected chi connectivity index (χ4v) is 5.20. The Bertz CT molecular complexity index is 1740. The number of hydrogen-bond donors (Lipinski definition) is 1. The summed E-state index contributed by atoms with van der Waals surface area (Å²) in [5.41, 5.74) is 2.65. The normalized spacial score (nSPS) is 13.1. The van der Waals surface area contributed by atoms with Crippen LogP contribution >= 0.6 is 23.2 Å². The van der Waals surface area contributed by atoms with Crippen LogP contribution in [0.15, 0.2) is 91.9 Å². The fourth-order valence-electron chi connectivity index (χ4n) is 4.59. The van der Waals surface area contributed by atoms with Gasteiger partial charge in [0.25, 0.3) is 0 Å². The summed E-state index contributed by atoms with van der Waals surface area (Å²) in [5.74, 6) is 0.221. The predicted octanol–water partition coefficient (Wildman–Crippen LogP) is 5.13. The van der Waals surface area contributed by atoms with Gasteiger partial charge in [0.1, 0.15) is 5.15 Å². The van der Waals surface area contributed by atoms with Gasteiger partial charge in [-0.25, -0.2) is 24.6 Å². The number of pyridine rings is 1. The number of aryl methyl sites for hydroxylation is 1. The standard InChI is InChI=1S/C28H21Cl2N7O/c1-36-17-31-16-24(36)28(38,27-32-10-2-11-33-27)19-6-9-23-21(15-19)25(29)22(26(30)35-23)14-18-4-7-20(8-5-18)37-13-3-12-34-37/h2-13,15-17,38H,14H2,1H3. The Hall–Kier alpha value is -4.11. The maximum Gasteiger partial charge on any atom is 0.191 e. The first-order valence-electron chi connectivity index (χ1n) is 11.8. The van der Waals surface area contributed by atoms with E-state index in [2.05, 4.69) is 25.0 Å². The molecular weight excluding hydrogens is 521 g/mol. The second-order valence-corrected chi connectivity index (χ2v) is 9.63. The lowest BCUT2D eigenvalue weighted by atomic mass is 9.88. The number of fused-ring (bicyclic) bond motifs is 1. The molecule has 4 heterocycles. The zero-order valence-corrected chi connectivity index (χ0v) is 21.7. The van der Waals surface area contributed by atoms with Crippen LogP contribution in [0.1, 0.15) is 28.2 Å². The Labute approximate surface area is 228 Å². The van der Waals surface area contributed by atoms with E-state index in [0.29, 0.717) is 44.3 Å². The molecule has 0 saturated heterocycles. The third kappa shape index (κ3) is 4.12. The van der Waals surface area contributed by atoms with Gasteiger partial charge < -0.3 is 9.67 Å². The second kappa shape index (κ2) is 9.64. The molecule has 6 rings (SSSR count). The van der Waals surface area contributed by atoms with Gasteiger partial charge in [-0.2, -0.15) is 5.10 Å². The van der Waals surface area contributed by atoms with E-state index >= 15 is 0 Å². The van der Waals surface area contributed by atoms with E-state index in [0.717, 1.165) is 11.3 Å². The van der Waals surface area contributed by atoms with Crippen molar-refractivity contribution in [1.29, 1.82) is 0 Å². The van der Waals surface area contributed by atoms with Gasteiger partial charge >= 0.3 is 0 Å². The molecule has 38 heavy (non-hydrogen) atoms. The van der Waals surface area contributed by atoms with E-state index in [1.54, 1.807) is 65.6 Å². The number of imidazole rings is 1. The van der Waals surface area contributed by atoms with Crippen molar-refractivity contribution < 1.29 is 5.11 Å². The summed E-state index contributed by atoms with van der Waals surface area (Å²) in [6, 6.07) is 17.0. The maximum absolute atomic E-state index is 12.1. The molecule has 6 aromatic rings. The Kier molecular flexibility index (Phi) is 6.15. The van der Waals surface area contributed by atoms with E-state index in [1.165, 1.54) is 0 Å². The highest BCUT2D eigenvalue weighted by Gasteiger charge is 2.39. The average Bonchev–Trinajstić information content (AvgIpc) is 3.64. The number of hydrogen-bond acceptors (Lipinski definition) is 6. The molecule has 0 saturated carbocycles. The smallest absolute Gasteiger partial charge is 0.191 e. The Balaban J connectivity index is 1.44. The van der Waals surface area contributed by atoms with Gasteiger partial charge in [0.05, 0.1) is 34.4 Å². The van der Waals surface area contributed by atoms with Crippen LogP contribution in [0.5, 0.6) is 0 Å². The van der Waals surface area contributed by atoms with Crippen molar-refractivity contribution in [3.63, 3.8) is 0 Å². The quantitative estimate of drug-likeness (QED) is 0.294. The second-order valence-electron chi connectivity index (χ2n) is 8.89. The van der Waals surface area contributed by atoms with Crippen molar-refractivity contribution in [1.82, 2.24) is 34.3 Å². The van der Waals surface area contributed by atoms with Gasteiger partial charge in [-0.1, -0.05) is 41.4 Å². The number of halogens is 2. The molecule has 0 aliphatic carbocycles. The van der Waals surface area contributed by atoms with Gasteiger partial charge in [0.15, 0.2) is 11.4 Å². The van der Waals surface area contributed by atoms with Crippen LogP contribution in [0.4, 0.5) is 0 Å². The van der Waals surface area contributed by atoms with Crippen molar-refractivity contribution in [3.8, 4) is 5.69 Å². The minimum absolute atomic E-state index is 0.221. The van der Waals surface area contributed by atoms with Crippen LogP contribution < -0.4 is 0 Å². The molecule has 0 radical (unpaired) electrons. The highest BCUT2D eigenvalue weighted by Crippen LogP contribution is 2.39. The summed E-state index contributed by atoms with van der Waals surface area (Å²) in [4.78, 5) is 17.5. The largest absolute Gasteiger partial charge is 0.372 e. The van der Waals surface area contributed by atoms with Crippen molar-refractivity contribution >= 4 is 34.1 Å². The lowest BCUT2D eigenvalue weighted by Crippen LogP contribution is -2.33. The number of rotatable bonds is 6. The first kappa shape index (κ1) is 24.2. The molecule has 0 amide bonds. The van der Waals surface area contributed by atoms with Crippen molar-refractivity contribution in [2.24, 2.45) is 7.05 Å². The van der Waals surface area contributed by atoms with Gasteiger partial charge in [0, 0.05) is 49.2 Å². The molecule has 0 fully saturated rings. The fraction of sp³-hybridized carbons (Fsp3) is 0.107. The summed E-state index contributed by atoms with van der Waals surface area (Å²) < 4.78 is 3.53. The summed E-state index contributed by atoms with van der Waals surface area (Å²) in [5, 5.41) is 17.9. The van der Waals surface area contributed by atoms with Crippen LogP contribution in [-0.4, -0.2) is 39.4 Å². The molecule has 0 bridgehead atoms. The SMILES string of the molecule is Cn1cncc1C(O)(c1ccc2nc(Cl)c(Cc3ccc(-n4cccn4)cc3)c(Cl)c2c1)c1ncccn1. The molecule has 0 aliphatic rings. The molecule has 1 unspecified atom stereocenters. The van der Waals surface area contributed by atoms with Crippen molar-refractivity contribution in [3.05, 3.63) is 130 Å². The van der Waals surface area contributed by atoms with Crippen LogP contribution in [0.2, 0.25) is 10.2 Å². The molecule has 8 nitrogen and oxygen atoms in total. The van der Waals surface area contributed by atoms with E-state index in [9.17, 15) is 5.11 Å². The molecule has 0 spiro atoms. The highest BCUT2D eigenvalue weighted by atomic mass is 35.5. The van der Waals surface area contributed by atoms with E-state index < -0.39 is 5.60 Å². The number of nitrogens with zero attached hydrogens (tertiary/aromatic N) is 7. The molecule has 1 N–H and O–H groups in total. The van der Waals surface area contributed by atoms with Gasteiger partial charge in [-0.05, 0) is 47.5 Å². The first-order chi connectivity index (χ1) is 18.4. The molecule has 188 valence electrons. The average molecular weight is 542 g/mol. The summed E-state index contributed by atoms with van der Waals surface area (Å²) >= 11 is 13.6. The Morgan fingerprint density at radius 3 is 2.45 bits per heavy atom. The predicted molar refractivity (Wildman–Crippen MR) is 145 cm³/mol. The van der Waals surface area contributed by atoms with Crippen LogP contribution in [-0.2, 0) is 19.1 Å². The van der Waals surface area contributed by atoms with E-state index in [-0.39, 0.29) is 5.82 Å². The topological polar surface area (TPSA) is 94.5 Å². The Morgan fingerprint density at radius 1 is 0.974 bits per heavy atom. The van der Waals surface area contributed by atoms with Crippen LogP contribution in [0.3, 0.4) is 0 Å². The zero-order chi connectivity index (χ0) is 26.3. The summed E-state index contributed by atoms with van der Waals surface area (Å²) in [6.07, 6.45) is 10.5. The lowest BCUT2D eigenvalue weighted by Gasteiger charge is -2.27. The minimum atomic E-state index is -1.67. The minimum Gasteiger partial charge on any atom is -0.372 e. The molecule has 4 aromatic heterocycles.